The van der Waals surface area contributed by atoms with Gasteiger partial charge in [0.2, 0.25) is 0 Å². The van der Waals surface area contributed by atoms with Crippen LogP contribution in [0.15, 0.2) is 60.7 Å². The van der Waals surface area contributed by atoms with E-state index in [1.807, 2.05) is 0 Å². The zero-order valence-corrected chi connectivity index (χ0v) is 25.8. The van der Waals surface area contributed by atoms with Gasteiger partial charge in [0, 0.05) is 84.0 Å². The molecule has 1 aliphatic heterocycles. The van der Waals surface area contributed by atoms with E-state index >= 15 is 0 Å². The van der Waals surface area contributed by atoms with Crippen LogP contribution in [0.25, 0.3) is 0 Å². The average molecular weight is 536 g/mol. The van der Waals surface area contributed by atoms with Gasteiger partial charge in [-0.1, -0.05) is 0 Å². The van der Waals surface area contributed by atoms with Crippen LogP contribution in [0.1, 0.15) is 126 Å². The molecule has 0 saturated carbocycles. The van der Waals surface area contributed by atoms with Crippen LogP contribution in [-0.2, 0) is 27.1 Å². The van der Waals surface area contributed by atoms with Gasteiger partial charge in [0.25, 0.3) is 0 Å². The Bertz CT molecular complexity index is 1290. The smallest absolute Gasteiger partial charge is 0.0447 e. The highest BCUT2D eigenvalue weighted by atomic mass is 14.9. The number of aromatic amines is 5. The van der Waals surface area contributed by atoms with E-state index in [-0.39, 0.29) is 27.1 Å². The third-order valence-electron chi connectivity index (χ3n) is 10.2. The van der Waals surface area contributed by atoms with E-state index < -0.39 is 0 Å². The molecule has 5 heteroatoms. The SMILES string of the molecule is CC1(C)c2ccc([nH]2)C(C)(C)c2ccc([nH]2)C(C)(C)c2ccc([nH]2)C(C)(C)c2ccc([nH]2)C(C)(C)c2ccc1[nH]2. The molecule has 210 valence electrons. The summed E-state index contributed by atoms with van der Waals surface area (Å²) in [6.45, 7) is 22.9. The molecule has 5 aromatic heterocycles. The predicted octanol–water partition coefficient (Wildman–Crippen LogP) is 8.27. The Morgan fingerprint density at radius 3 is 0.450 bits per heavy atom. The summed E-state index contributed by atoms with van der Waals surface area (Å²) in [6, 6.07) is 22.5. The van der Waals surface area contributed by atoms with Gasteiger partial charge in [-0.3, -0.25) is 0 Å². The standard InChI is InChI=1S/C35H45N5/c1-31(2)21-11-13-23(36-21)32(3,4)25-15-17-27(38-25)34(7,8)29-19-20-30(40-29)35(9,10)28-18-16-26(39-28)33(5,6)24-14-12-22(31)37-24/h11-20,36-40H,1-10H3. The van der Waals surface area contributed by atoms with Gasteiger partial charge < -0.3 is 24.9 Å². The molecule has 5 aromatic rings. The highest BCUT2D eigenvalue weighted by Crippen LogP contribution is 2.41. The summed E-state index contributed by atoms with van der Waals surface area (Å²) >= 11 is 0. The fourth-order valence-corrected chi connectivity index (χ4v) is 6.35. The van der Waals surface area contributed by atoms with Crippen molar-refractivity contribution >= 4 is 0 Å². The van der Waals surface area contributed by atoms with Crippen molar-refractivity contribution in [2.45, 2.75) is 96.3 Å². The first-order chi connectivity index (χ1) is 18.6. The van der Waals surface area contributed by atoms with Crippen molar-refractivity contribution in [2.75, 3.05) is 0 Å². The van der Waals surface area contributed by atoms with E-state index in [0.29, 0.717) is 0 Å². The first-order valence-electron chi connectivity index (χ1n) is 14.6. The highest BCUT2D eigenvalue weighted by molar-refractivity contribution is 5.43. The van der Waals surface area contributed by atoms with Crippen molar-refractivity contribution in [3.05, 3.63) is 118 Å². The summed E-state index contributed by atoms with van der Waals surface area (Å²) in [6.07, 6.45) is 0. The van der Waals surface area contributed by atoms with E-state index in [4.69, 9.17) is 0 Å². The Kier molecular flexibility index (Phi) is 5.47. The first kappa shape index (κ1) is 26.6. The van der Waals surface area contributed by atoms with Crippen molar-refractivity contribution in [1.29, 1.82) is 0 Å². The second kappa shape index (κ2) is 8.22. The Morgan fingerprint density at radius 2 is 0.350 bits per heavy atom. The van der Waals surface area contributed by atoms with E-state index in [0.717, 1.165) is 0 Å². The van der Waals surface area contributed by atoms with Gasteiger partial charge in [-0.15, -0.1) is 0 Å². The van der Waals surface area contributed by atoms with Crippen LogP contribution in [0.3, 0.4) is 0 Å². The van der Waals surface area contributed by atoms with Gasteiger partial charge in [-0.2, -0.15) is 0 Å². The van der Waals surface area contributed by atoms with Crippen LogP contribution in [0.2, 0.25) is 0 Å². The van der Waals surface area contributed by atoms with Crippen molar-refractivity contribution in [1.82, 2.24) is 24.9 Å². The van der Waals surface area contributed by atoms with E-state index in [1.165, 1.54) is 56.9 Å². The summed E-state index contributed by atoms with van der Waals surface area (Å²) < 4.78 is 0. The van der Waals surface area contributed by atoms with Gasteiger partial charge in [-0.25, -0.2) is 0 Å². The lowest BCUT2D eigenvalue weighted by Gasteiger charge is -2.28. The first-order valence-corrected chi connectivity index (χ1v) is 14.6. The molecule has 10 bridgehead atoms. The quantitative estimate of drug-likeness (QED) is 0.132. The van der Waals surface area contributed by atoms with E-state index in [9.17, 15) is 0 Å². The maximum Gasteiger partial charge on any atom is 0.0447 e. The summed E-state index contributed by atoms with van der Waals surface area (Å²) in [4.78, 5) is 19.1. The third-order valence-corrected chi connectivity index (χ3v) is 10.2. The van der Waals surface area contributed by atoms with Crippen LogP contribution in [0.5, 0.6) is 0 Å². The monoisotopic (exact) mass is 535 g/mol. The molecule has 0 aliphatic carbocycles. The Labute approximate surface area is 238 Å². The number of fused-ring (bicyclic) bond motifs is 10. The molecule has 5 nitrogen and oxygen atoms in total. The molecule has 5 N–H and O–H groups in total. The van der Waals surface area contributed by atoms with Crippen molar-refractivity contribution < 1.29 is 0 Å². The molecule has 1 aliphatic rings. The minimum atomic E-state index is -0.209. The zero-order valence-electron chi connectivity index (χ0n) is 25.8. The largest absolute Gasteiger partial charge is 0.361 e. The average Bonchev–Trinajstić information content (AvgIpc) is 3.72. The third kappa shape index (κ3) is 3.73. The van der Waals surface area contributed by atoms with Crippen LogP contribution >= 0.6 is 0 Å². The summed E-state index contributed by atoms with van der Waals surface area (Å²) in [5.74, 6) is 0. The summed E-state index contributed by atoms with van der Waals surface area (Å²) in [5.41, 5.74) is 11.0. The number of hydrogen-bond acceptors (Lipinski definition) is 0. The Hall–Kier alpha value is -3.60. The normalized spacial score (nSPS) is 20.2. The Balaban J connectivity index is 1.55. The fraction of sp³-hybridized carbons (Fsp3) is 0.429. The zero-order chi connectivity index (χ0) is 28.9. The van der Waals surface area contributed by atoms with Gasteiger partial charge in [0.1, 0.15) is 0 Å². The van der Waals surface area contributed by atoms with Gasteiger partial charge in [0.15, 0.2) is 0 Å². The molecule has 40 heavy (non-hydrogen) atoms. The number of hydrogen-bond donors (Lipinski definition) is 5. The number of rotatable bonds is 0. The highest BCUT2D eigenvalue weighted by Gasteiger charge is 2.36. The molecule has 0 spiro atoms. The molecule has 0 fully saturated rings. The van der Waals surface area contributed by atoms with Gasteiger partial charge >= 0.3 is 0 Å². The lowest BCUT2D eigenvalue weighted by molar-refractivity contribution is 0.545. The van der Waals surface area contributed by atoms with Crippen molar-refractivity contribution in [3.63, 3.8) is 0 Å². The minimum Gasteiger partial charge on any atom is -0.361 e. The Morgan fingerprint density at radius 1 is 0.250 bits per heavy atom. The molecular weight excluding hydrogens is 490 g/mol. The van der Waals surface area contributed by atoms with E-state index in [1.54, 1.807) is 0 Å². The van der Waals surface area contributed by atoms with Gasteiger partial charge in [-0.05, 0) is 130 Å². The number of aromatic nitrogens is 5. The molecule has 6 rings (SSSR count). The predicted molar refractivity (Wildman–Crippen MR) is 165 cm³/mol. The van der Waals surface area contributed by atoms with Crippen LogP contribution in [-0.4, -0.2) is 24.9 Å². The molecular formula is C35H45N5. The van der Waals surface area contributed by atoms with Crippen LogP contribution in [0.4, 0.5) is 0 Å². The maximum atomic E-state index is 3.81. The second-order valence-corrected chi connectivity index (χ2v) is 14.6. The van der Waals surface area contributed by atoms with Crippen LogP contribution in [0, 0.1) is 0 Å². The molecule has 0 amide bonds. The van der Waals surface area contributed by atoms with Crippen LogP contribution < -0.4 is 0 Å². The summed E-state index contributed by atoms with van der Waals surface area (Å²) in [5, 5.41) is 0. The molecule has 6 heterocycles. The van der Waals surface area contributed by atoms with E-state index in [2.05, 4.69) is 155 Å². The second-order valence-electron chi connectivity index (χ2n) is 14.6. The molecule has 0 atom stereocenters. The molecule has 0 unspecified atom stereocenters. The van der Waals surface area contributed by atoms with Crippen molar-refractivity contribution in [2.24, 2.45) is 0 Å². The topological polar surface area (TPSA) is 78.9 Å². The molecule has 0 radical (unpaired) electrons. The number of H-pyrrole nitrogens is 5. The van der Waals surface area contributed by atoms with Gasteiger partial charge in [0.05, 0.1) is 0 Å². The fourth-order valence-electron chi connectivity index (χ4n) is 6.35. The minimum absolute atomic E-state index is 0.209. The molecule has 0 aromatic carbocycles. The number of nitrogens with one attached hydrogen (secondary N) is 5. The lowest BCUT2D eigenvalue weighted by Crippen LogP contribution is -2.26. The lowest BCUT2D eigenvalue weighted by atomic mass is 9.85. The summed E-state index contributed by atoms with van der Waals surface area (Å²) in [7, 11) is 0. The van der Waals surface area contributed by atoms with Crippen molar-refractivity contribution in [3.8, 4) is 0 Å². The molecule has 0 saturated heterocycles. The maximum absolute atomic E-state index is 3.81.